The van der Waals surface area contributed by atoms with Gasteiger partial charge in [-0.2, -0.15) is 5.10 Å². The fourth-order valence-corrected chi connectivity index (χ4v) is 2.47. The highest BCUT2D eigenvalue weighted by Crippen LogP contribution is 2.26. The molecule has 0 spiro atoms. The molecule has 0 bridgehead atoms. The Hall–Kier alpha value is -0.620. The first kappa shape index (κ1) is 11.9. The molecule has 0 aliphatic rings. The normalized spacial score (nSPS) is 12.3. The zero-order valence-electron chi connectivity index (χ0n) is 9.66. The Bertz CT molecular complexity index is 526. The average molecular weight is 330 g/mol. The predicted octanol–water partition coefficient (Wildman–Crippen LogP) is 2.89. The molecule has 0 aliphatic carbocycles. The molecule has 16 heavy (non-hydrogen) atoms. The Balaban J connectivity index is 2.69. The van der Waals surface area contributed by atoms with Crippen molar-refractivity contribution in [3.63, 3.8) is 0 Å². The zero-order chi connectivity index (χ0) is 11.9. The van der Waals surface area contributed by atoms with Crippen LogP contribution in [0.25, 0.3) is 10.9 Å². The number of aryl methyl sites for hydroxylation is 1. The van der Waals surface area contributed by atoms with Crippen LogP contribution in [0.2, 0.25) is 0 Å². The van der Waals surface area contributed by atoms with E-state index in [1.807, 2.05) is 22.9 Å². The first-order valence-electron chi connectivity index (χ1n) is 5.32. The van der Waals surface area contributed by atoms with E-state index in [-0.39, 0.29) is 0 Å². The number of aliphatic hydroxyl groups is 1. The fourth-order valence-electron chi connectivity index (χ4n) is 1.75. The van der Waals surface area contributed by atoms with Crippen LogP contribution >= 0.6 is 22.6 Å². The summed E-state index contributed by atoms with van der Waals surface area (Å²) >= 11 is 2.24. The molecule has 0 atom stereocenters. The number of nitrogens with zero attached hydrogens (tertiary/aromatic N) is 2. The van der Waals surface area contributed by atoms with Gasteiger partial charge >= 0.3 is 0 Å². The van der Waals surface area contributed by atoms with Gasteiger partial charge in [0.05, 0.1) is 11.1 Å². The van der Waals surface area contributed by atoms with Crippen molar-refractivity contribution < 1.29 is 5.11 Å². The van der Waals surface area contributed by atoms with Crippen LogP contribution in [0.4, 0.5) is 0 Å². The largest absolute Gasteiger partial charge is 0.386 e. The Morgan fingerprint density at radius 3 is 2.69 bits per heavy atom. The quantitative estimate of drug-likeness (QED) is 0.860. The second-order valence-electron chi connectivity index (χ2n) is 4.40. The van der Waals surface area contributed by atoms with E-state index in [9.17, 15) is 5.11 Å². The van der Waals surface area contributed by atoms with E-state index in [0.29, 0.717) is 0 Å². The van der Waals surface area contributed by atoms with E-state index in [4.69, 9.17) is 0 Å². The lowest BCUT2D eigenvalue weighted by atomic mass is 9.97. The minimum Gasteiger partial charge on any atom is -0.386 e. The Kier molecular flexibility index (Phi) is 2.96. The lowest BCUT2D eigenvalue weighted by molar-refractivity contribution is 0.0787. The van der Waals surface area contributed by atoms with Crippen molar-refractivity contribution in [2.45, 2.75) is 32.9 Å². The Labute approximate surface area is 109 Å². The van der Waals surface area contributed by atoms with Crippen LogP contribution in [0, 0.1) is 3.70 Å². The molecule has 4 heteroatoms. The summed E-state index contributed by atoms with van der Waals surface area (Å²) < 4.78 is 2.98. The lowest BCUT2D eigenvalue weighted by Gasteiger charge is -2.17. The molecule has 0 unspecified atom stereocenters. The van der Waals surface area contributed by atoms with Crippen LogP contribution in [0.15, 0.2) is 18.2 Å². The molecule has 3 nitrogen and oxygen atoms in total. The highest BCUT2D eigenvalue weighted by Gasteiger charge is 2.18. The maximum absolute atomic E-state index is 9.99. The van der Waals surface area contributed by atoms with Crippen LogP contribution in [-0.2, 0) is 12.1 Å². The molecule has 0 amide bonds. The summed E-state index contributed by atoms with van der Waals surface area (Å²) in [6, 6.07) is 6.02. The number of rotatable bonds is 2. The van der Waals surface area contributed by atoms with Crippen LogP contribution in [0.3, 0.4) is 0 Å². The third kappa shape index (κ3) is 1.96. The number of fused-ring (bicyclic) bond motifs is 1. The van der Waals surface area contributed by atoms with E-state index < -0.39 is 5.60 Å². The van der Waals surface area contributed by atoms with E-state index in [2.05, 4.69) is 34.6 Å². The third-order valence-electron chi connectivity index (χ3n) is 2.71. The number of hydrogen-bond donors (Lipinski definition) is 1. The number of benzene rings is 1. The number of halogens is 1. The minimum absolute atomic E-state index is 0.803. The van der Waals surface area contributed by atoms with Gasteiger partial charge in [0.15, 0.2) is 0 Å². The molecule has 0 aliphatic heterocycles. The average Bonchev–Trinajstić information content (AvgIpc) is 2.54. The van der Waals surface area contributed by atoms with Crippen molar-refractivity contribution in [3.05, 3.63) is 27.5 Å². The molecule has 1 aromatic carbocycles. The molecule has 1 heterocycles. The molecule has 0 saturated heterocycles. The molecule has 2 aromatic rings. The second-order valence-corrected chi connectivity index (χ2v) is 5.42. The van der Waals surface area contributed by atoms with Gasteiger partial charge in [-0.15, -0.1) is 0 Å². The third-order valence-corrected chi connectivity index (χ3v) is 3.51. The van der Waals surface area contributed by atoms with Crippen LogP contribution in [-0.4, -0.2) is 14.9 Å². The van der Waals surface area contributed by atoms with Crippen molar-refractivity contribution in [2.75, 3.05) is 0 Å². The van der Waals surface area contributed by atoms with E-state index in [0.717, 1.165) is 26.7 Å². The first-order chi connectivity index (χ1) is 7.43. The van der Waals surface area contributed by atoms with Gasteiger partial charge in [0.1, 0.15) is 3.70 Å². The van der Waals surface area contributed by atoms with Crippen molar-refractivity contribution in [1.82, 2.24) is 9.78 Å². The summed E-state index contributed by atoms with van der Waals surface area (Å²) in [4.78, 5) is 0. The number of aromatic nitrogens is 2. The van der Waals surface area contributed by atoms with Gasteiger partial charge in [0.25, 0.3) is 0 Å². The standard InChI is InChI=1S/C12H15IN2O/c1-4-15-10-7-8(12(2,3)16)5-6-9(10)11(13)14-15/h5-7,16H,4H2,1-3H3. The SMILES string of the molecule is CCn1nc(I)c2ccc(C(C)(C)O)cc21. The fraction of sp³-hybridized carbons (Fsp3) is 0.417. The van der Waals surface area contributed by atoms with Gasteiger partial charge in [-0.25, -0.2) is 0 Å². The summed E-state index contributed by atoms with van der Waals surface area (Å²) in [6.07, 6.45) is 0. The van der Waals surface area contributed by atoms with Crippen molar-refractivity contribution in [3.8, 4) is 0 Å². The van der Waals surface area contributed by atoms with Gasteiger partial charge in [-0.1, -0.05) is 6.07 Å². The van der Waals surface area contributed by atoms with Crippen molar-refractivity contribution in [1.29, 1.82) is 0 Å². The summed E-state index contributed by atoms with van der Waals surface area (Å²) in [5, 5.41) is 15.6. The van der Waals surface area contributed by atoms with Gasteiger partial charge in [-0.05, 0) is 61.1 Å². The highest BCUT2D eigenvalue weighted by molar-refractivity contribution is 14.1. The maximum atomic E-state index is 9.99. The van der Waals surface area contributed by atoms with Gasteiger partial charge < -0.3 is 5.11 Å². The van der Waals surface area contributed by atoms with E-state index in [1.54, 1.807) is 13.8 Å². The number of hydrogen-bond acceptors (Lipinski definition) is 2. The molecule has 0 radical (unpaired) electrons. The van der Waals surface area contributed by atoms with Crippen molar-refractivity contribution >= 4 is 33.5 Å². The van der Waals surface area contributed by atoms with Crippen LogP contribution in [0.1, 0.15) is 26.3 Å². The maximum Gasteiger partial charge on any atom is 0.131 e. The topological polar surface area (TPSA) is 38.0 Å². The lowest BCUT2D eigenvalue weighted by Crippen LogP contribution is -2.15. The van der Waals surface area contributed by atoms with Crippen LogP contribution in [0.5, 0.6) is 0 Å². The second kappa shape index (κ2) is 4.00. The highest BCUT2D eigenvalue weighted by atomic mass is 127. The Morgan fingerprint density at radius 1 is 1.44 bits per heavy atom. The zero-order valence-corrected chi connectivity index (χ0v) is 11.8. The molecular weight excluding hydrogens is 315 g/mol. The summed E-state index contributed by atoms with van der Waals surface area (Å²) in [7, 11) is 0. The Morgan fingerprint density at radius 2 is 2.12 bits per heavy atom. The molecule has 0 fully saturated rings. The molecule has 2 rings (SSSR count). The first-order valence-corrected chi connectivity index (χ1v) is 6.40. The molecular formula is C12H15IN2O. The minimum atomic E-state index is -0.803. The molecule has 0 saturated carbocycles. The molecule has 86 valence electrons. The predicted molar refractivity (Wildman–Crippen MR) is 73.4 cm³/mol. The van der Waals surface area contributed by atoms with Gasteiger partial charge in [-0.3, -0.25) is 4.68 Å². The monoisotopic (exact) mass is 330 g/mol. The van der Waals surface area contributed by atoms with Gasteiger partial charge in [0, 0.05) is 11.9 Å². The summed E-state index contributed by atoms with van der Waals surface area (Å²) in [5.74, 6) is 0. The summed E-state index contributed by atoms with van der Waals surface area (Å²) in [6.45, 7) is 6.51. The van der Waals surface area contributed by atoms with E-state index in [1.165, 1.54) is 0 Å². The van der Waals surface area contributed by atoms with Crippen molar-refractivity contribution in [2.24, 2.45) is 0 Å². The van der Waals surface area contributed by atoms with E-state index >= 15 is 0 Å². The van der Waals surface area contributed by atoms with Crippen LogP contribution < -0.4 is 0 Å². The molecule has 1 aromatic heterocycles. The summed E-state index contributed by atoms with van der Waals surface area (Å²) in [5.41, 5.74) is 1.21. The molecule has 1 N–H and O–H groups in total. The smallest absolute Gasteiger partial charge is 0.131 e. The van der Waals surface area contributed by atoms with Gasteiger partial charge in [0.2, 0.25) is 0 Å².